The molecule has 7 N–H and O–H groups in total. The van der Waals surface area contributed by atoms with Gasteiger partial charge in [-0.3, -0.25) is 19.2 Å². The van der Waals surface area contributed by atoms with Gasteiger partial charge in [0.2, 0.25) is 17.7 Å². The summed E-state index contributed by atoms with van der Waals surface area (Å²) in [7, 11) is 0. The largest absolute Gasteiger partial charge is 0.508 e. The van der Waals surface area contributed by atoms with Gasteiger partial charge in [-0.2, -0.15) is 0 Å². The molecule has 33 heavy (non-hydrogen) atoms. The Bertz CT molecular complexity index is 889. The first-order chi connectivity index (χ1) is 15.6. The number of amides is 3. The first-order valence-corrected chi connectivity index (χ1v) is 10.4. The van der Waals surface area contributed by atoms with E-state index < -0.39 is 60.8 Å². The summed E-state index contributed by atoms with van der Waals surface area (Å²) in [4.78, 5) is 60.8. The van der Waals surface area contributed by atoms with Crippen molar-refractivity contribution < 1.29 is 39.3 Å². The van der Waals surface area contributed by atoms with Gasteiger partial charge in [-0.25, -0.2) is 4.79 Å². The number of phenolic OH excluding ortho intramolecular Hbond substituents is 1. The molecule has 1 aliphatic rings. The third-order valence-corrected chi connectivity index (χ3v) is 5.25. The van der Waals surface area contributed by atoms with Crippen LogP contribution in [0.3, 0.4) is 0 Å². The molecule has 3 atom stereocenters. The molecular formula is C21H28N4O8. The number of nitrogens with zero attached hydrogens (tertiary/aromatic N) is 1. The molecule has 0 aromatic heterocycles. The number of nitrogens with two attached hydrogens (primary N) is 1. The van der Waals surface area contributed by atoms with E-state index in [1.54, 1.807) is 12.1 Å². The second-order valence-electron chi connectivity index (χ2n) is 7.78. The number of phenols is 1. The minimum atomic E-state index is -1.24. The topological polar surface area (TPSA) is 199 Å². The molecule has 3 unspecified atom stereocenters. The van der Waals surface area contributed by atoms with Crippen LogP contribution >= 0.6 is 0 Å². The number of aromatic hydroxyl groups is 1. The molecule has 12 heteroatoms. The Balaban J connectivity index is 1.92. The van der Waals surface area contributed by atoms with Crippen molar-refractivity contribution in [1.82, 2.24) is 15.5 Å². The summed E-state index contributed by atoms with van der Waals surface area (Å²) in [6.07, 6.45) is 0.287. The maximum atomic E-state index is 12.8. The summed E-state index contributed by atoms with van der Waals surface area (Å²) < 4.78 is 0. The van der Waals surface area contributed by atoms with Gasteiger partial charge in [-0.05, 0) is 43.4 Å². The van der Waals surface area contributed by atoms with E-state index in [-0.39, 0.29) is 31.6 Å². The van der Waals surface area contributed by atoms with Crippen LogP contribution in [-0.4, -0.2) is 81.1 Å². The highest BCUT2D eigenvalue weighted by atomic mass is 16.4. The second kappa shape index (κ2) is 11.8. The maximum absolute atomic E-state index is 12.8. The second-order valence-corrected chi connectivity index (χ2v) is 7.78. The number of hydrogen-bond donors (Lipinski definition) is 6. The Morgan fingerprint density at radius 3 is 2.39 bits per heavy atom. The molecule has 1 fully saturated rings. The summed E-state index contributed by atoms with van der Waals surface area (Å²) in [6.45, 7) is -0.306. The zero-order valence-electron chi connectivity index (χ0n) is 17.9. The monoisotopic (exact) mass is 464 g/mol. The molecule has 0 saturated carbocycles. The summed E-state index contributed by atoms with van der Waals surface area (Å²) in [6, 6.07) is 2.89. The number of hydrogen-bond acceptors (Lipinski definition) is 7. The van der Waals surface area contributed by atoms with Crippen LogP contribution in [-0.2, 0) is 30.4 Å². The quantitative estimate of drug-likeness (QED) is 0.233. The van der Waals surface area contributed by atoms with Gasteiger partial charge in [0.1, 0.15) is 17.8 Å². The van der Waals surface area contributed by atoms with E-state index in [0.717, 1.165) is 4.90 Å². The van der Waals surface area contributed by atoms with Gasteiger partial charge >= 0.3 is 11.9 Å². The predicted molar refractivity (Wildman–Crippen MR) is 114 cm³/mol. The fourth-order valence-corrected chi connectivity index (χ4v) is 3.54. The fraction of sp³-hybridized carbons (Fsp3) is 0.476. The van der Waals surface area contributed by atoms with Gasteiger partial charge in [-0.1, -0.05) is 12.1 Å². The van der Waals surface area contributed by atoms with Crippen molar-refractivity contribution >= 4 is 29.7 Å². The molecule has 0 radical (unpaired) electrons. The molecule has 3 amide bonds. The van der Waals surface area contributed by atoms with Crippen LogP contribution in [0.4, 0.5) is 0 Å². The Morgan fingerprint density at radius 2 is 1.79 bits per heavy atom. The number of benzene rings is 1. The van der Waals surface area contributed by atoms with E-state index >= 15 is 0 Å². The Morgan fingerprint density at radius 1 is 1.12 bits per heavy atom. The number of carboxylic acids is 2. The molecule has 1 aromatic carbocycles. The van der Waals surface area contributed by atoms with Crippen LogP contribution in [0.2, 0.25) is 0 Å². The first kappa shape index (κ1) is 25.6. The Hall–Kier alpha value is -3.67. The highest BCUT2D eigenvalue weighted by Gasteiger charge is 2.37. The minimum absolute atomic E-state index is 0.0732. The van der Waals surface area contributed by atoms with E-state index in [1.807, 2.05) is 0 Å². The molecule has 1 heterocycles. The molecular weight excluding hydrogens is 436 g/mol. The fourth-order valence-electron chi connectivity index (χ4n) is 3.54. The molecule has 1 aromatic rings. The standard InChI is InChI=1S/C21H28N4O8/c22-14(10-12-3-5-13(26)6-4-12)19(30)23-11-17(27)24-15(7-8-18(28)29)20(31)25-9-1-2-16(25)21(32)33/h3-6,14-16,26H,1-2,7-11,22H2,(H,23,30)(H,24,27)(H,28,29)(H,32,33). The number of carboxylic acid groups (broad SMARTS) is 2. The molecule has 0 bridgehead atoms. The maximum Gasteiger partial charge on any atom is 0.326 e. The number of carbonyl (C=O) groups excluding carboxylic acids is 3. The van der Waals surface area contributed by atoms with Crippen molar-refractivity contribution in [3.8, 4) is 5.75 Å². The molecule has 1 aliphatic heterocycles. The summed E-state index contributed by atoms with van der Waals surface area (Å²) in [5.41, 5.74) is 6.55. The zero-order valence-corrected chi connectivity index (χ0v) is 17.9. The van der Waals surface area contributed by atoms with E-state index in [0.29, 0.717) is 12.0 Å². The van der Waals surface area contributed by atoms with Gasteiger partial charge < -0.3 is 36.6 Å². The van der Waals surface area contributed by atoms with Crippen molar-refractivity contribution in [2.24, 2.45) is 5.73 Å². The lowest BCUT2D eigenvalue weighted by molar-refractivity contribution is -0.149. The summed E-state index contributed by atoms with van der Waals surface area (Å²) in [5.74, 6) is -4.30. The lowest BCUT2D eigenvalue weighted by atomic mass is 10.1. The van der Waals surface area contributed by atoms with E-state index in [4.69, 9.17) is 10.8 Å². The van der Waals surface area contributed by atoms with E-state index in [1.165, 1.54) is 12.1 Å². The van der Waals surface area contributed by atoms with E-state index in [2.05, 4.69) is 10.6 Å². The van der Waals surface area contributed by atoms with Gasteiger partial charge in [0, 0.05) is 13.0 Å². The highest BCUT2D eigenvalue weighted by molar-refractivity contribution is 5.93. The third-order valence-electron chi connectivity index (χ3n) is 5.25. The van der Waals surface area contributed by atoms with Crippen molar-refractivity contribution in [2.75, 3.05) is 13.1 Å². The van der Waals surface area contributed by atoms with Crippen LogP contribution in [0.15, 0.2) is 24.3 Å². The van der Waals surface area contributed by atoms with Gasteiger partial charge in [0.25, 0.3) is 0 Å². The lowest BCUT2D eigenvalue weighted by Crippen LogP contribution is -2.54. The minimum Gasteiger partial charge on any atom is -0.508 e. The smallest absolute Gasteiger partial charge is 0.326 e. The Kier molecular flexibility index (Phi) is 9.16. The number of nitrogens with one attached hydrogen (secondary N) is 2. The van der Waals surface area contributed by atoms with Crippen molar-refractivity contribution in [2.45, 2.75) is 50.2 Å². The first-order valence-electron chi connectivity index (χ1n) is 10.4. The third kappa shape index (κ3) is 7.75. The van der Waals surface area contributed by atoms with Gasteiger partial charge in [-0.15, -0.1) is 0 Å². The summed E-state index contributed by atoms with van der Waals surface area (Å²) >= 11 is 0. The van der Waals surface area contributed by atoms with Crippen molar-refractivity contribution in [3.05, 3.63) is 29.8 Å². The number of likely N-dealkylation sites (tertiary alicyclic amines) is 1. The number of aliphatic carboxylic acids is 2. The molecule has 12 nitrogen and oxygen atoms in total. The number of carbonyl (C=O) groups is 5. The zero-order chi connectivity index (χ0) is 24.5. The van der Waals surface area contributed by atoms with E-state index in [9.17, 15) is 34.2 Å². The highest BCUT2D eigenvalue weighted by Crippen LogP contribution is 2.19. The Labute approximate surface area is 189 Å². The van der Waals surface area contributed by atoms with Crippen molar-refractivity contribution in [1.29, 1.82) is 0 Å². The molecule has 180 valence electrons. The van der Waals surface area contributed by atoms with Crippen LogP contribution in [0.1, 0.15) is 31.2 Å². The average Bonchev–Trinajstić information content (AvgIpc) is 3.26. The predicted octanol–water partition coefficient (Wildman–Crippen LogP) is -1.20. The van der Waals surface area contributed by atoms with Crippen LogP contribution in [0, 0.1) is 0 Å². The van der Waals surface area contributed by atoms with Crippen LogP contribution < -0.4 is 16.4 Å². The molecule has 2 rings (SSSR count). The lowest BCUT2D eigenvalue weighted by Gasteiger charge is -2.27. The van der Waals surface area contributed by atoms with Gasteiger partial charge in [0.15, 0.2) is 0 Å². The number of rotatable bonds is 11. The van der Waals surface area contributed by atoms with Crippen LogP contribution in [0.5, 0.6) is 5.75 Å². The van der Waals surface area contributed by atoms with Crippen molar-refractivity contribution in [3.63, 3.8) is 0 Å². The van der Waals surface area contributed by atoms with Gasteiger partial charge in [0.05, 0.1) is 12.6 Å². The summed E-state index contributed by atoms with van der Waals surface area (Å²) in [5, 5.41) is 32.3. The molecule has 1 saturated heterocycles. The SMILES string of the molecule is NC(Cc1ccc(O)cc1)C(=O)NCC(=O)NC(CCC(=O)O)C(=O)N1CCCC1C(=O)O. The normalized spacial score (nSPS) is 17.1. The average molecular weight is 464 g/mol. The molecule has 0 aliphatic carbocycles. The van der Waals surface area contributed by atoms with Crippen LogP contribution in [0.25, 0.3) is 0 Å². The molecule has 0 spiro atoms.